The number of hydrogen-bond donors (Lipinski definition) is 6. The maximum Gasteiger partial charge on any atom is 1.00 e. The molecule has 6 N–H and O–H groups in total. The standard InChI is InChI=1S/C25H49O12P.Na/c1-2-3-4-5-6-7-8-9-10-11-12-13-14-15-19(27)35-16-18(26)17-36-38(33,34)37-25-23(31)21(29)20(28)22(30)24(25)32;/h18,20-26,28-32H,2-17H2,1H3,(H,33,34);/q;+1/p-1/t18-,20?,21-,22+,23+,24+,25?;/m1./s1. The minimum atomic E-state index is -5.23. The number of hydrogen-bond acceptors (Lipinski definition) is 12. The van der Waals surface area contributed by atoms with Crippen LogP contribution in [0.3, 0.4) is 0 Å². The molecule has 0 aliphatic heterocycles. The van der Waals surface area contributed by atoms with Crippen LogP contribution in [0.4, 0.5) is 0 Å². The van der Waals surface area contributed by atoms with Gasteiger partial charge in [-0.2, -0.15) is 0 Å². The number of unbranched alkanes of at least 4 members (excludes halogenated alkanes) is 12. The van der Waals surface area contributed by atoms with Crippen molar-refractivity contribution in [1.82, 2.24) is 0 Å². The number of ether oxygens (including phenoxy) is 1. The molecule has 39 heavy (non-hydrogen) atoms. The Balaban J connectivity index is 0.0000144. The van der Waals surface area contributed by atoms with Crippen LogP contribution in [0.25, 0.3) is 0 Å². The fraction of sp³-hybridized carbons (Fsp3) is 0.960. The van der Waals surface area contributed by atoms with E-state index in [9.17, 15) is 44.9 Å². The van der Waals surface area contributed by atoms with Crippen molar-refractivity contribution in [2.75, 3.05) is 13.2 Å². The van der Waals surface area contributed by atoms with E-state index >= 15 is 0 Å². The summed E-state index contributed by atoms with van der Waals surface area (Å²) in [6.07, 6.45) is 2.08. The molecule has 226 valence electrons. The second-order valence-corrected chi connectivity index (χ2v) is 11.5. The van der Waals surface area contributed by atoms with E-state index in [1.807, 2.05) is 0 Å². The van der Waals surface area contributed by atoms with Crippen molar-refractivity contribution in [2.24, 2.45) is 0 Å². The van der Waals surface area contributed by atoms with Crippen molar-refractivity contribution in [1.29, 1.82) is 0 Å². The van der Waals surface area contributed by atoms with Gasteiger partial charge in [-0.1, -0.05) is 84.0 Å². The van der Waals surface area contributed by atoms with Gasteiger partial charge in [0, 0.05) is 6.42 Å². The molecule has 3 unspecified atom stereocenters. The zero-order valence-corrected chi connectivity index (χ0v) is 26.3. The van der Waals surface area contributed by atoms with Crippen LogP contribution in [0.1, 0.15) is 96.8 Å². The SMILES string of the molecule is CCCCCCCCCCCCCCCC(=O)OC[C@@H](O)COP(=O)([O-])OC1[C@@H](O)[C@H](O)C(O)[C@H](O)[C@@H]1O.[Na+]. The predicted octanol–water partition coefficient (Wildman–Crippen LogP) is -1.94. The Morgan fingerprint density at radius 2 is 1.15 bits per heavy atom. The molecule has 1 fully saturated rings. The molecule has 14 heteroatoms. The number of esters is 1. The molecule has 12 nitrogen and oxygen atoms in total. The van der Waals surface area contributed by atoms with Crippen LogP contribution in [0.5, 0.6) is 0 Å². The Hall–Kier alpha value is 0.340. The van der Waals surface area contributed by atoms with E-state index in [1.165, 1.54) is 57.8 Å². The molecule has 1 aliphatic carbocycles. The number of phosphoric ester groups is 1. The van der Waals surface area contributed by atoms with E-state index in [1.54, 1.807) is 0 Å². The number of phosphoric acid groups is 1. The average molecular weight is 595 g/mol. The number of carbonyl (C=O) groups excluding carboxylic acids is 1. The number of aliphatic hydroxyl groups is 6. The van der Waals surface area contributed by atoms with Crippen LogP contribution in [0.15, 0.2) is 0 Å². The summed E-state index contributed by atoms with van der Waals surface area (Å²) in [5, 5.41) is 58.3. The summed E-state index contributed by atoms with van der Waals surface area (Å²) in [6, 6.07) is 0. The molecule has 0 aromatic rings. The first-order chi connectivity index (χ1) is 18.0. The van der Waals surface area contributed by atoms with Crippen molar-refractivity contribution >= 4 is 13.8 Å². The molecule has 0 bridgehead atoms. The van der Waals surface area contributed by atoms with Gasteiger partial charge in [-0.25, -0.2) is 0 Å². The first-order valence-corrected chi connectivity index (χ1v) is 15.3. The van der Waals surface area contributed by atoms with Crippen molar-refractivity contribution in [3.63, 3.8) is 0 Å². The number of carbonyl (C=O) groups is 1. The first kappa shape index (κ1) is 39.3. The Bertz CT molecular complexity index is 671. The van der Waals surface area contributed by atoms with Gasteiger partial charge < -0.3 is 49.3 Å². The molecule has 0 radical (unpaired) electrons. The molecule has 0 amide bonds. The molecule has 8 atom stereocenters. The number of rotatable bonds is 21. The fourth-order valence-corrected chi connectivity index (χ4v) is 5.24. The molecule has 0 aromatic heterocycles. The molecule has 1 saturated carbocycles. The van der Waals surface area contributed by atoms with Crippen LogP contribution in [0.2, 0.25) is 0 Å². The van der Waals surface area contributed by atoms with Crippen LogP contribution in [-0.2, 0) is 23.1 Å². The van der Waals surface area contributed by atoms with Gasteiger partial charge in [0.15, 0.2) is 0 Å². The van der Waals surface area contributed by atoms with E-state index in [4.69, 9.17) is 4.74 Å². The second-order valence-electron chi connectivity index (χ2n) is 10.1. The van der Waals surface area contributed by atoms with E-state index < -0.39 is 69.7 Å². The minimum Gasteiger partial charge on any atom is -0.756 e. The molecule has 1 rings (SSSR count). The van der Waals surface area contributed by atoms with Crippen LogP contribution >= 0.6 is 7.82 Å². The topological polar surface area (TPSA) is 206 Å². The largest absolute Gasteiger partial charge is 1.00 e. The maximum absolute atomic E-state index is 12.0. The van der Waals surface area contributed by atoms with Crippen molar-refractivity contribution < 1.29 is 88.2 Å². The van der Waals surface area contributed by atoms with Gasteiger partial charge in [0.1, 0.15) is 49.3 Å². The third kappa shape index (κ3) is 16.5. The van der Waals surface area contributed by atoms with Crippen molar-refractivity contribution in [3.8, 4) is 0 Å². The van der Waals surface area contributed by atoms with Gasteiger partial charge in [-0.3, -0.25) is 9.36 Å². The normalized spacial score (nSPS) is 27.4. The van der Waals surface area contributed by atoms with Crippen LogP contribution in [0, 0.1) is 0 Å². The van der Waals surface area contributed by atoms with Gasteiger partial charge in [-0.15, -0.1) is 0 Å². The summed E-state index contributed by atoms with van der Waals surface area (Å²) >= 11 is 0. The monoisotopic (exact) mass is 594 g/mol. The van der Waals surface area contributed by atoms with Gasteiger partial charge in [-0.05, 0) is 6.42 Å². The van der Waals surface area contributed by atoms with Crippen molar-refractivity contribution in [2.45, 2.75) is 140 Å². The molecular weight excluding hydrogens is 546 g/mol. The molecule has 1 aliphatic rings. The van der Waals surface area contributed by atoms with Gasteiger partial charge in [0.25, 0.3) is 7.82 Å². The minimum absolute atomic E-state index is 0. The van der Waals surface area contributed by atoms with Gasteiger partial charge in [0.2, 0.25) is 0 Å². The molecule has 0 aromatic carbocycles. The third-order valence-electron chi connectivity index (χ3n) is 6.67. The summed E-state index contributed by atoms with van der Waals surface area (Å²) in [5.41, 5.74) is 0. The quantitative estimate of drug-likeness (QED) is 0.0372. The first-order valence-electron chi connectivity index (χ1n) is 13.9. The van der Waals surface area contributed by atoms with Crippen LogP contribution < -0.4 is 34.5 Å². The predicted molar refractivity (Wildman–Crippen MR) is 136 cm³/mol. The molecule has 0 saturated heterocycles. The average Bonchev–Trinajstić information content (AvgIpc) is 2.89. The Morgan fingerprint density at radius 1 is 0.744 bits per heavy atom. The molecule has 0 heterocycles. The van der Waals surface area contributed by atoms with Crippen molar-refractivity contribution in [3.05, 3.63) is 0 Å². The zero-order chi connectivity index (χ0) is 28.6. The maximum atomic E-state index is 12.0. The summed E-state index contributed by atoms with van der Waals surface area (Å²) in [6.45, 7) is 0.881. The van der Waals surface area contributed by atoms with E-state index in [2.05, 4.69) is 16.0 Å². The Morgan fingerprint density at radius 3 is 1.62 bits per heavy atom. The Labute approximate surface area is 254 Å². The van der Waals surface area contributed by atoms with E-state index in [-0.39, 0.29) is 36.0 Å². The second kappa shape index (κ2) is 22.0. The van der Waals surface area contributed by atoms with Gasteiger partial charge >= 0.3 is 35.5 Å². The van der Waals surface area contributed by atoms with Crippen LogP contribution in [-0.4, -0.2) is 92.5 Å². The fourth-order valence-electron chi connectivity index (χ4n) is 4.27. The summed E-state index contributed by atoms with van der Waals surface area (Å²) in [7, 11) is -5.23. The molecular formula is C25H48NaO12P. The van der Waals surface area contributed by atoms with E-state index in [0.29, 0.717) is 6.42 Å². The summed E-state index contributed by atoms with van der Waals surface area (Å²) in [4.78, 5) is 23.8. The third-order valence-corrected chi connectivity index (χ3v) is 7.64. The van der Waals surface area contributed by atoms with E-state index in [0.717, 1.165) is 19.3 Å². The number of aliphatic hydroxyl groups excluding tert-OH is 6. The summed E-state index contributed by atoms with van der Waals surface area (Å²) < 4.78 is 25.9. The van der Waals surface area contributed by atoms with Gasteiger partial charge in [0.05, 0.1) is 6.61 Å². The Kier molecular flexibility index (Phi) is 22.1. The smallest absolute Gasteiger partial charge is 0.756 e. The zero-order valence-electron chi connectivity index (χ0n) is 23.4. The summed E-state index contributed by atoms with van der Waals surface area (Å²) in [5.74, 6) is -0.524. The molecule has 0 spiro atoms.